The normalized spacial score (nSPS) is 22.7. The van der Waals surface area contributed by atoms with Crippen LogP contribution in [0.3, 0.4) is 0 Å². The van der Waals surface area contributed by atoms with Crippen LogP contribution in [0, 0.1) is 24.3 Å². The van der Waals surface area contributed by atoms with Crippen molar-refractivity contribution in [2.75, 3.05) is 6.61 Å². The molecular formula is C22H27N5O2. The average Bonchev–Trinajstić information content (AvgIpc) is 3.39. The zero-order chi connectivity index (χ0) is 20.5. The van der Waals surface area contributed by atoms with Crippen LogP contribution in [0.25, 0.3) is 5.69 Å². The summed E-state index contributed by atoms with van der Waals surface area (Å²) in [5.41, 5.74) is 2.29. The van der Waals surface area contributed by atoms with Gasteiger partial charge in [0.15, 0.2) is 6.19 Å². The van der Waals surface area contributed by atoms with Gasteiger partial charge in [-0.25, -0.2) is 4.68 Å². The topological polar surface area (TPSA) is 83.2 Å². The van der Waals surface area contributed by atoms with E-state index in [-0.39, 0.29) is 24.0 Å². The van der Waals surface area contributed by atoms with Crippen molar-refractivity contribution in [3.8, 4) is 17.6 Å². The number of rotatable bonds is 6. The van der Waals surface area contributed by atoms with E-state index >= 15 is 0 Å². The van der Waals surface area contributed by atoms with Gasteiger partial charge in [-0.05, 0) is 56.4 Å². The summed E-state index contributed by atoms with van der Waals surface area (Å²) in [5.74, 6) is 0.879. The molecule has 2 aliphatic rings. The quantitative estimate of drug-likeness (QED) is 0.763. The molecule has 1 aromatic heterocycles. The number of benzene rings is 1. The fourth-order valence-electron chi connectivity index (χ4n) is 4.32. The minimum atomic E-state index is -0.127. The Balaban J connectivity index is 1.55. The molecule has 7 nitrogen and oxygen atoms in total. The van der Waals surface area contributed by atoms with Crippen molar-refractivity contribution in [2.45, 2.75) is 58.2 Å². The summed E-state index contributed by atoms with van der Waals surface area (Å²) < 4.78 is 7.79. The predicted octanol–water partition coefficient (Wildman–Crippen LogP) is 3.03. The molecule has 0 unspecified atom stereocenters. The molecule has 1 aromatic carbocycles. The van der Waals surface area contributed by atoms with Crippen LogP contribution in [-0.4, -0.2) is 45.3 Å². The molecule has 0 radical (unpaired) electrons. The van der Waals surface area contributed by atoms with Gasteiger partial charge in [0.1, 0.15) is 11.4 Å². The second-order valence-corrected chi connectivity index (χ2v) is 8.41. The van der Waals surface area contributed by atoms with E-state index in [0.717, 1.165) is 30.6 Å². The number of aryl methyl sites for hydroxylation is 1. The van der Waals surface area contributed by atoms with Crippen molar-refractivity contribution < 1.29 is 9.53 Å². The van der Waals surface area contributed by atoms with Crippen LogP contribution in [0.15, 0.2) is 30.5 Å². The molecule has 2 bridgehead atoms. The Morgan fingerprint density at radius 2 is 2.21 bits per heavy atom. The largest absolute Gasteiger partial charge is 0.491 e. The fourth-order valence-corrected chi connectivity index (χ4v) is 4.32. The summed E-state index contributed by atoms with van der Waals surface area (Å²) in [4.78, 5) is 14.8. The highest BCUT2D eigenvalue weighted by atomic mass is 16.5. The highest BCUT2D eigenvalue weighted by Crippen LogP contribution is 2.37. The van der Waals surface area contributed by atoms with Crippen molar-refractivity contribution >= 4 is 5.91 Å². The minimum absolute atomic E-state index is 0.0226. The maximum atomic E-state index is 12.9. The third-order valence-corrected chi connectivity index (χ3v) is 5.73. The molecule has 2 saturated heterocycles. The first-order chi connectivity index (χ1) is 14.0. The molecule has 2 aliphatic heterocycles. The monoisotopic (exact) mass is 393 g/mol. The smallest absolute Gasteiger partial charge is 0.251 e. The second-order valence-electron chi connectivity index (χ2n) is 8.41. The van der Waals surface area contributed by atoms with E-state index in [1.807, 2.05) is 30.2 Å². The van der Waals surface area contributed by atoms with Crippen molar-refractivity contribution in [3.63, 3.8) is 0 Å². The molecular weight excluding hydrogens is 366 g/mol. The van der Waals surface area contributed by atoms with E-state index in [0.29, 0.717) is 23.8 Å². The maximum Gasteiger partial charge on any atom is 0.251 e. The number of hydrogen-bond donors (Lipinski definition) is 1. The maximum absolute atomic E-state index is 12.9. The number of nitrogens with one attached hydrogen (secondary N) is 1. The first-order valence-corrected chi connectivity index (χ1v) is 10.2. The molecule has 152 valence electrons. The number of amides is 1. The van der Waals surface area contributed by atoms with E-state index in [9.17, 15) is 10.1 Å². The summed E-state index contributed by atoms with van der Waals surface area (Å²) in [6, 6.07) is 7.82. The van der Waals surface area contributed by atoms with Crippen molar-refractivity contribution in [3.05, 3.63) is 41.7 Å². The lowest BCUT2D eigenvalue weighted by Gasteiger charge is -2.22. The van der Waals surface area contributed by atoms with Gasteiger partial charge in [-0.15, -0.1) is 0 Å². The van der Waals surface area contributed by atoms with Crippen LogP contribution in [0.2, 0.25) is 0 Å². The van der Waals surface area contributed by atoms with Gasteiger partial charge in [0, 0.05) is 17.8 Å². The van der Waals surface area contributed by atoms with Crippen LogP contribution >= 0.6 is 0 Å². The fraction of sp³-hybridized carbons (Fsp3) is 0.500. The lowest BCUT2D eigenvalue weighted by molar-refractivity contribution is 0.0928. The van der Waals surface area contributed by atoms with E-state index in [1.54, 1.807) is 16.8 Å². The Hall–Kier alpha value is -3.01. The first-order valence-electron chi connectivity index (χ1n) is 10.2. The van der Waals surface area contributed by atoms with Gasteiger partial charge in [0.25, 0.3) is 5.91 Å². The lowest BCUT2D eigenvalue weighted by Crippen LogP contribution is -2.43. The number of carbonyl (C=O) groups excluding carboxylic acids is 1. The number of ether oxygens (including phenoxy) is 1. The Morgan fingerprint density at radius 1 is 1.38 bits per heavy atom. The van der Waals surface area contributed by atoms with Gasteiger partial charge in [0.05, 0.1) is 24.4 Å². The van der Waals surface area contributed by atoms with Gasteiger partial charge >= 0.3 is 0 Å². The minimum Gasteiger partial charge on any atom is -0.491 e. The van der Waals surface area contributed by atoms with E-state index in [2.05, 4.69) is 30.5 Å². The summed E-state index contributed by atoms with van der Waals surface area (Å²) in [6.07, 6.45) is 7.01. The SMILES string of the molecule is Cc1ccn(-c2ccc(C(=O)N[C@@H]3C[C@@H]4CC[C@H]3N4C#N)cc2OCC(C)C)n1. The Morgan fingerprint density at radius 3 is 2.86 bits per heavy atom. The number of hydrogen-bond acceptors (Lipinski definition) is 5. The van der Waals surface area contributed by atoms with Crippen LogP contribution in [0.1, 0.15) is 49.2 Å². The standard InChI is InChI=1S/C22H27N5O2/c1-14(2)12-29-21-10-16(4-6-20(21)27-9-8-15(3)25-27)22(28)24-18-11-17-5-7-19(18)26(17)13-23/h4,6,8-10,14,17-19H,5,7,11-12H2,1-3H3,(H,24,28)/t17-,18+,19+/m0/s1. The van der Waals surface area contributed by atoms with Crippen LogP contribution in [-0.2, 0) is 0 Å². The van der Waals surface area contributed by atoms with Gasteiger partial charge in [-0.2, -0.15) is 10.4 Å². The Labute approximate surface area is 171 Å². The number of fused-ring (bicyclic) bond motifs is 2. The predicted molar refractivity (Wildman–Crippen MR) is 109 cm³/mol. The van der Waals surface area contributed by atoms with Gasteiger partial charge in [-0.1, -0.05) is 13.8 Å². The van der Waals surface area contributed by atoms with Crippen LogP contribution in [0.5, 0.6) is 5.75 Å². The van der Waals surface area contributed by atoms with Gasteiger partial charge in [-0.3, -0.25) is 4.79 Å². The zero-order valence-electron chi connectivity index (χ0n) is 17.1. The molecule has 0 aliphatic carbocycles. The van der Waals surface area contributed by atoms with Crippen LogP contribution < -0.4 is 10.1 Å². The third-order valence-electron chi connectivity index (χ3n) is 5.73. The second kappa shape index (κ2) is 7.78. The van der Waals surface area contributed by atoms with Crippen molar-refractivity contribution in [1.29, 1.82) is 5.26 Å². The number of aromatic nitrogens is 2. The Bertz CT molecular complexity index is 945. The molecule has 0 saturated carbocycles. The number of nitriles is 1. The number of nitrogens with zero attached hydrogens (tertiary/aromatic N) is 4. The molecule has 29 heavy (non-hydrogen) atoms. The summed E-state index contributed by atoms with van der Waals surface area (Å²) >= 11 is 0. The van der Waals surface area contributed by atoms with Crippen LogP contribution in [0.4, 0.5) is 0 Å². The van der Waals surface area contributed by atoms with Gasteiger partial charge in [0.2, 0.25) is 0 Å². The molecule has 4 rings (SSSR count). The molecule has 3 atom stereocenters. The van der Waals surface area contributed by atoms with E-state index in [4.69, 9.17) is 4.74 Å². The van der Waals surface area contributed by atoms with Crippen molar-refractivity contribution in [1.82, 2.24) is 20.0 Å². The molecule has 1 N–H and O–H groups in total. The summed E-state index contributed by atoms with van der Waals surface area (Å²) in [6.45, 7) is 6.67. The summed E-state index contributed by atoms with van der Waals surface area (Å²) in [5, 5.41) is 16.9. The highest BCUT2D eigenvalue weighted by molar-refractivity contribution is 5.95. The van der Waals surface area contributed by atoms with Gasteiger partial charge < -0.3 is 15.0 Å². The number of carbonyl (C=O) groups is 1. The molecule has 0 spiro atoms. The summed E-state index contributed by atoms with van der Waals surface area (Å²) in [7, 11) is 0. The molecule has 2 fully saturated rings. The molecule has 2 aromatic rings. The Kier molecular flexibility index (Phi) is 5.18. The molecule has 7 heteroatoms. The van der Waals surface area contributed by atoms with Crippen molar-refractivity contribution in [2.24, 2.45) is 5.92 Å². The first kappa shape index (κ1) is 19.3. The average molecular weight is 393 g/mol. The zero-order valence-corrected chi connectivity index (χ0v) is 17.1. The third kappa shape index (κ3) is 3.80. The molecule has 1 amide bonds. The highest BCUT2D eigenvalue weighted by Gasteiger charge is 2.46. The van der Waals surface area contributed by atoms with E-state index < -0.39 is 0 Å². The lowest BCUT2D eigenvalue weighted by atomic mass is 9.95. The molecule has 3 heterocycles. The van der Waals surface area contributed by atoms with E-state index in [1.165, 1.54) is 0 Å².